The molecule has 1 fully saturated rings. The van der Waals surface area contributed by atoms with Crippen molar-refractivity contribution in [2.45, 2.75) is 26.4 Å². The lowest BCUT2D eigenvalue weighted by atomic mass is 10.1. The monoisotopic (exact) mass is 347 g/mol. The largest absolute Gasteiger partial charge is 0.444 e. The summed E-state index contributed by atoms with van der Waals surface area (Å²) in [4.78, 5) is 38.4. The van der Waals surface area contributed by atoms with E-state index < -0.39 is 17.6 Å². The van der Waals surface area contributed by atoms with Gasteiger partial charge in [0.05, 0.1) is 5.69 Å². The van der Waals surface area contributed by atoms with Crippen molar-refractivity contribution in [1.29, 1.82) is 0 Å². The van der Waals surface area contributed by atoms with E-state index in [0.717, 1.165) is 6.08 Å². The van der Waals surface area contributed by atoms with Crippen LogP contribution in [0.4, 0.5) is 10.5 Å². The summed E-state index contributed by atoms with van der Waals surface area (Å²) in [6.45, 7) is 5.25. The molecule has 1 aliphatic rings. The third-order valence-electron chi connectivity index (χ3n) is 3.34. The standard InChI is InChI=1S/C17H21N3O5/c1-17(2,3)25-16(23)19-10-15(22)20(11-19)13-7-5-4-6-12(13)8-9-14(21)18-24/h4-9,24H,10-11H2,1-3H3,(H,18,21)/b9-8+. The van der Waals surface area contributed by atoms with Crippen LogP contribution in [0.1, 0.15) is 26.3 Å². The number of nitrogens with one attached hydrogen (secondary N) is 1. The average Bonchev–Trinajstić information content (AvgIpc) is 2.93. The van der Waals surface area contributed by atoms with Crippen molar-refractivity contribution in [3.8, 4) is 0 Å². The summed E-state index contributed by atoms with van der Waals surface area (Å²) in [5.41, 5.74) is 2.01. The summed E-state index contributed by atoms with van der Waals surface area (Å²) in [7, 11) is 0. The highest BCUT2D eigenvalue weighted by molar-refractivity contribution is 6.01. The minimum Gasteiger partial charge on any atom is -0.444 e. The van der Waals surface area contributed by atoms with Crippen molar-refractivity contribution >= 4 is 29.7 Å². The summed E-state index contributed by atoms with van der Waals surface area (Å²) < 4.78 is 5.29. The molecule has 0 aromatic heterocycles. The summed E-state index contributed by atoms with van der Waals surface area (Å²) in [5.74, 6) is -0.934. The molecule has 2 rings (SSSR count). The molecule has 1 aromatic carbocycles. The van der Waals surface area contributed by atoms with Crippen LogP contribution in [0.5, 0.6) is 0 Å². The van der Waals surface area contributed by atoms with E-state index in [4.69, 9.17) is 9.94 Å². The molecule has 0 aliphatic carbocycles. The fourth-order valence-corrected chi connectivity index (χ4v) is 2.28. The van der Waals surface area contributed by atoms with E-state index >= 15 is 0 Å². The van der Waals surface area contributed by atoms with Crippen LogP contribution in [0, 0.1) is 0 Å². The van der Waals surface area contributed by atoms with Crippen LogP contribution >= 0.6 is 0 Å². The molecule has 134 valence electrons. The second kappa shape index (κ2) is 7.35. The molecule has 8 heteroatoms. The molecule has 0 unspecified atom stereocenters. The van der Waals surface area contributed by atoms with E-state index in [0.29, 0.717) is 11.3 Å². The highest BCUT2D eigenvalue weighted by Gasteiger charge is 2.34. The van der Waals surface area contributed by atoms with Gasteiger partial charge in [0.15, 0.2) is 0 Å². The van der Waals surface area contributed by atoms with E-state index in [1.807, 2.05) is 0 Å². The number of anilines is 1. The van der Waals surface area contributed by atoms with Gasteiger partial charge in [-0.2, -0.15) is 0 Å². The maximum absolute atomic E-state index is 12.3. The van der Waals surface area contributed by atoms with E-state index in [2.05, 4.69) is 0 Å². The van der Waals surface area contributed by atoms with Crippen LogP contribution in [0.15, 0.2) is 30.3 Å². The van der Waals surface area contributed by atoms with Gasteiger partial charge in [-0.1, -0.05) is 18.2 Å². The number of benzene rings is 1. The summed E-state index contributed by atoms with van der Waals surface area (Å²) in [6.07, 6.45) is 2.06. The van der Waals surface area contributed by atoms with Crippen molar-refractivity contribution in [1.82, 2.24) is 10.4 Å². The van der Waals surface area contributed by atoms with Gasteiger partial charge in [-0.3, -0.25) is 24.6 Å². The Morgan fingerprint density at radius 1 is 1.28 bits per heavy atom. The third-order valence-corrected chi connectivity index (χ3v) is 3.34. The number of hydrogen-bond donors (Lipinski definition) is 2. The molecule has 25 heavy (non-hydrogen) atoms. The molecule has 3 amide bonds. The molecular formula is C17H21N3O5. The van der Waals surface area contributed by atoms with Crippen molar-refractivity contribution in [3.63, 3.8) is 0 Å². The van der Waals surface area contributed by atoms with Crippen molar-refractivity contribution in [2.24, 2.45) is 0 Å². The minimum absolute atomic E-state index is 0.0603. The van der Waals surface area contributed by atoms with Gasteiger partial charge in [0.25, 0.3) is 5.91 Å². The first-order chi connectivity index (χ1) is 11.7. The van der Waals surface area contributed by atoms with Gasteiger partial charge in [0, 0.05) is 6.08 Å². The second-order valence-corrected chi connectivity index (χ2v) is 6.51. The summed E-state index contributed by atoms with van der Waals surface area (Å²) in [5, 5.41) is 8.55. The molecule has 0 saturated carbocycles. The zero-order valence-electron chi connectivity index (χ0n) is 14.4. The first-order valence-corrected chi connectivity index (χ1v) is 7.71. The second-order valence-electron chi connectivity index (χ2n) is 6.51. The van der Waals surface area contributed by atoms with Gasteiger partial charge in [0.2, 0.25) is 5.91 Å². The Hall–Kier alpha value is -2.87. The van der Waals surface area contributed by atoms with Crippen LogP contribution in [0.2, 0.25) is 0 Å². The van der Waals surface area contributed by atoms with Crippen molar-refractivity contribution in [3.05, 3.63) is 35.9 Å². The maximum atomic E-state index is 12.3. The number of hydrogen-bond acceptors (Lipinski definition) is 5. The van der Waals surface area contributed by atoms with E-state index in [-0.39, 0.29) is 19.1 Å². The lowest BCUT2D eigenvalue weighted by Gasteiger charge is -2.24. The van der Waals surface area contributed by atoms with Gasteiger partial charge in [-0.15, -0.1) is 0 Å². The molecule has 0 spiro atoms. The smallest absolute Gasteiger partial charge is 0.412 e. The van der Waals surface area contributed by atoms with Gasteiger partial charge in [-0.05, 0) is 38.5 Å². The number of amides is 3. The predicted molar refractivity (Wildman–Crippen MR) is 90.7 cm³/mol. The average molecular weight is 347 g/mol. The quantitative estimate of drug-likeness (QED) is 0.493. The Morgan fingerprint density at radius 3 is 2.60 bits per heavy atom. The summed E-state index contributed by atoms with van der Waals surface area (Å²) >= 11 is 0. The lowest BCUT2D eigenvalue weighted by Crippen LogP contribution is -2.36. The first kappa shape index (κ1) is 18.5. The van der Waals surface area contributed by atoms with Gasteiger partial charge < -0.3 is 4.74 Å². The molecule has 1 saturated heterocycles. The zero-order valence-corrected chi connectivity index (χ0v) is 14.4. The Morgan fingerprint density at radius 2 is 1.96 bits per heavy atom. The van der Waals surface area contributed by atoms with Crippen LogP contribution in [0.3, 0.4) is 0 Å². The van der Waals surface area contributed by atoms with E-state index in [9.17, 15) is 14.4 Å². The van der Waals surface area contributed by atoms with Crippen LogP contribution in [-0.2, 0) is 14.3 Å². The fourth-order valence-electron chi connectivity index (χ4n) is 2.28. The Balaban J connectivity index is 2.20. The Bertz CT molecular complexity index is 708. The number of rotatable bonds is 3. The minimum atomic E-state index is -0.682. The number of ether oxygens (including phenoxy) is 1. The van der Waals surface area contributed by atoms with Gasteiger partial charge in [-0.25, -0.2) is 10.3 Å². The predicted octanol–water partition coefficient (Wildman–Crippen LogP) is 1.75. The van der Waals surface area contributed by atoms with Gasteiger partial charge >= 0.3 is 6.09 Å². The third kappa shape index (κ3) is 4.80. The molecule has 1 aliphatic heterocycles. The molecule has 8 nitrogen and oxygen atoms in total. The van der Waals surface area contributed by atoms with Crippen LogP contribution in [0.25, 0.3) is 6.08 Å². The Labute approximate surface area is 145 Å². The first-order valence-electron chi connectivity index (χ1n) is 7.71. The number of nitrogens with zero attached hydrogens (tertiary/aromatic N) is 2. The van der Waals surface area contributed by atoms with E-state index in [1.165, 1.54) is 21.4 Å². The molecule has 0 bridgehead atoms. The molecular weight excluding hydrogens is 326 g/mol. The number of carbonyl (C=O) groups is 3. The molecule has 1 aromatic rings. The fraction of sp³-hybridized carbons (Fsp3) is 0.353. The van der Waals surface area contributed by atoms with Crippen LogP contribution in [-0.4, -0.2) is 46.8 Å². The van der Waals surface area contributed by atoms with Gasteiger partial charge in [0.1, 0.15) is 18.8 Å². The number of hydroxylamine groups is 1. The topological polar surface area (TPSA) is 99.2 Å². The normalized spacial score (nSPS) is 15.0. The highest BCUT2D eigenvalue weighted by Crippen LogP contribution is 2.26. The number of para-hydroxylation sites is 1. The maximum Gasteiger partial charge on any atom is 0.412 e. The zero-order chi connectivity index (χ0) is 18.6. The molecule has 0 atom stereocenters. The summed E-state index contributed by atoms with van der Waals surface area (Å²) in [6, 6.07) is 6.95. The highest BCUT2D eigenvalue weighted by atomic mass is 16.6. The molecule has 0 radical (unpaired) electrons. The SMILES string of the molecule is CC(C)(C)OC(=O)N1CC(=O)N(c2ccccc2/C=C/C(=O)NO)C1. The van der Waals surface area contributed by atoms with Crippen molar-refractivity contribution < 1.29 is 24.3 Å². The Kier molecular flexibility index (Phi) is 5.43. The lowest BCUT2D eigenvalue weighted by molar-refractivity contribution is -0.124. The van der Waals surface area contributed by atoms with Crippen molar-refractivity contribution in [2.75, 3.05) is 18.1 Å². The van der Waals surface area contributed by atoms with E-state index in [1.54, 1.807) is 45.0 Å². The molecule has 2 N–H and O–H groups in total. The number of carbonyl (C=O) groups excluding carboxylic acids is 3. The molecule has 1 heterocycles. The van der Waals surface area contributed by atoms with Crippen LogP contribution < -0.4 is 10.4 Å².